The number of rotatable bonds is 4. The van der Waals surface area contributed by atoms with Gasteiger partial charge in [0.1, 0.15) is 0 Å². The number of nitro groups is 1. The second kappa shape index (κ2) is 6.66. The standard InChI is InChI=1S/C15H21N3O4S/c1-3-15(4-2)10-17(7-8-23(15)22)14(19)12-9-11(18(20)21)5-6-13(12)16/h5-6,9H,3-4,7-8,10,16H2,1-2H3. The maximum atomic E-state index is 12.7. The van der Waals surface area contributed by atoms with Crippen molar-refractivity contribution >= 4 is 28.1 Å². The van der Waals surface area contributed by atoms with E-state index >= 15 is 0 Å². The number of nitrogens with two attached hydrogens (primary N) is 1. The van der Waals surface area contributed by atoms with E-state index in [2.05, 4.69) is 0 Å². The van der Waals surface area contributed by atoms with Crippen LogP contribution in [-0.2, 0) is 10.8 Å². The van der Waals surface area contributed by atoms with E-state index in [1.807, 2.05) is 13.8 Å². The molecular formula is C15H21N3O4S. The zero-order valence-corrected chi connectivity index (χ0v) is 14.1. The molecule has 2 N–H and O–H groups in total. The summed E-state index contributed by atoms with van der Waals surface area (Å²) in [7, 11) is -0.981. The minimum absolute atomic E-state index is 0.132. The largest absolute Gasteiger partial charge is 0.398 e. The van der Waals surface area contributed by atoms with E-state index in [0.717, 1.165) is 0 Å². The van der Waals surface area contributed by atoms with Gasteiger partial charge in [-0.1, -0.05) is 13.8 Å². The minimum Gasteiger partial charge on any atom is -0.398 e. The molecule has 1 unspecified atom stereocenters. The molecule has 0 aliphatic carbocycles. The Morgan fingerprint density at radius 3 is 2.65 bits per heavy atom. The highest BCUT2D eigenvalue weighted by Gasteiger charge is 2.40. The van der Waals surface area contributed by atoms with Gasteiger partial charge in [0.2, 0.25) is 0 Å². The fraction of sp³-hybridized carbons (Fsp3) is 0.533. The first-order valence-electron chi connectivity index (χ1n) is 7.56. The molecule has 1 amide bonds. The van der Waals surface area contributed by atoms with Crippen LogP contribution in [-0.4, -0.2) is 43.5 Å². The number of carbonyl (C=O) groups excluding carboxylic acids is 1. The van der Waals surface area contributed by atoms with Crippen LogP contribution in [0.2, 0.25) is 0 Å². The lowest BCUT2D eigenvalue weighted by molar-refractivity contribution is -0.384. The Morgan fingerprint density at radius 2 is 2.09 bits per heavy atom. The van der Waals surface area contributed by atoms with E-state index < -0.39 is 20.5 Å². The van der Waals surface area contributed by atoms with Gasteiger partial charge in [-0.05, 0) is 18.9 Å². The van der Waals surface area contributed by atoms with E-state index in [1.54, 1.807) is 4.90 Å². The second-order valence-electron chi connectivity index (χ2n) is 5.70. The summed E-state index contributed by atoms with van der Waals surface area (Å²) in [6.07, 6.45) is 1.43. The summed E-state index contributed by atoms with van der Waals surface area (Å²) < 4.78 is 11.9. The average Bonchev–Trinajstić information content (AvgIpc) is 2.55. The first kappa shape index (κ1) is 17.4. The zero-order valence-electron chi connectivity index (χ0n) is 13.3. The van der Waals surface area contributed by atoms with Crippen LogP contribution in [0.1, 0.15) is 37.0 Å². The summed E-state index contributed by atoms with van der Waals surface area (Å²) in [6.45, 7) is 4.69. The number of non-ortho nitro benzene ring substituents is 1. The van der Waals surface area contributed by atoms with Crippen molar-refractivity contribution in [2.75, 3.05) is 24.6 Å². The Labute approximate surface area is 137 Å². The third-order valence-corrected chi connectivity index (χ3v) is 6.79. The average molecular weight is 339 g/mol. The number of amides is 1. The molecule has 7 nitrogen and oxygen atoms in total. The Kier molecular flexibility index (Phi) is 5.03. The topological polar surface area (TPSA) is 107 Å². The van der Waals surface area contributed by atoms with Crippen LogP contribution in [0.5, 0.6) is 0 Å². The normalized spacial score (nSPS) is 20.3. The lowest BCUT2D eigenvalue weighted by atomic mass is 10.0. The molecule has 1 aromatic rings. The van der Waals surface area contributed by atoms with Gasteiger partial charge < -0.3 is 10.6 Å². The molecule has 1 aliphatic heterocycles. The molecule has 1 aliphatic rings. The molecule has 23 heavy (non-hydrogen) atoms. The van der Waals surface area contributed by atoms with Gasteiger partial charge >= 0.3 is 0 Å². The van der Waals surface area contributed by atoms with Crippen LogP contribution in [0.3, 0.4) is 0 Å². The van der Waals surface area contributed by atoms with Crippen LogP contribution in [0.25, 0.3) is 0 Å². The number of hydrogen-bond donors (Lipinski definition) is 1. The Hall–Kier alpha value is -1.96. The predicted octanol–water partition coefficient (Wildman–Crippen LogP) is 1.94. The summed E-state index contributed by atoms with van der Waals surface area (Å²) in [6, 6.07) is 3.86. The van der Waals surface area contributed by atoms with Crippen molar-refractivity contribution in [2.45, 2.75) is 31.4 Å². The number of nitrogens with zero attached hydrogens (tertiary/aromatic N) is 2. The lowest BCUT2D eigenvalue weighted by Crippen LogP contribution is -2.54. The van der Waals surface area contributed by atoms with Crippen molar-refractivity contribution < 1.29 is 13.9 Å². The molecule has 1 atom stereocenters. The Balaban J connectivity index is 2.32. The maximum Gasteiger partial charge on any atom is 0.270 e. The zero-order chi connectivity index (χ0) is 17.2. The molecule has 0 aromatic heterocycles. The molecule has 0 spiro atoms. The summed E-state index contributed by atoms with van der Waals surface area (Å²) in [5, 5.41) is 10.9. The van der Waals surface area contributed by atoms with Crippen molar-refractivity contribution in [3.05, 3.63) is 33.9 Å². The van der Waals surface area contributed by atoms with Gasteiger partial charge in [0.15, 0.2) is 0 Å². The fourth-order valence-electron chi connectivity index (χ4n) is 2.89. The van der Waals surface area contributed by atoms with Gasteiger partial charge in [0.25, 0.3) is 11.6 Å². The van der Waals surface area contributed by atoms with Crippen molar-refractivity contribution in [2.24, 2.45) is 0 Å². The summed E-state index contributed by atoms with van der Waals surface area (Å²) in [5.74, 6) is 0.0802. The predicted molar refractivity (Wildman–Crippen MR) is 89.7 cm³/mol. The minimum atomic E-state index is -0.981. The van der Waals surface area contributed by atoms with Crippen LogP contribution in [0, 0.1) is 10.1 Å². The van der Waals surface area contributed by atoms with E-state index in [-0.39, 0.29) is 22.8 Å². The smallest absolute Gasteiger partial charge is 0.270 e. The van der Waals surface area contributed by atoms with Crippen molar-refractivity contribution in [3.8, 4) is 0 Å². The molecule has 1 saturated heterocycles. The van der Waals surface area contributed by atoms with Crippen molar-refractivity contribution in [1.29, 1.82) is 0 Å². The Bertz CT molecular complexity index is 658. The van der Waals surface area contributed by atoms with Crippen molar-refractivity contribution in [1.82, 2.24) is 4.90 Å². The maximum absolute atomic E-state index is 12.7. The van der Waals surface area contributed by atoms with Gasteiger partial charge in [0, 0.05) is 47.5 Å². The van der Waals surface area contributed by atoms with Gasteiger partial charge in [-0.2, -0.15) is 0 Å². The molecule has 0 bridgehead atoms. The molecule has 126 valence electrons. The first-order chi connectivity index (χ1) is 10.8. The van der Waals surface area contributed by atoms with Crippen molar-refractivity contribution in [3.63, 3.8) is 0 Å². The summed E-state index contributed by atoms with van der Waals surface area (Å²) >= 11 is 0. The third-order valence-electron chi connectivity index (χ3n) is 4.56. The number of carbonyl (C=O) groups is 1. The highest BCUT2D eigenvalue weighted by Crippen LogP contribution is 2.30. The molecule has 1 aromatic carbocycles. The van der Waals surface area contributed by atoms with E-state index in [1.165, 1.54) is 18.2 Å². The quantitative estimate of drug-likeness (QED) is 0.512. The molecule has 0 saturated carbocycles. The second-order valence-corrected chi connectivity index (χ2v) is 7.66. The molecule has 0 radical (unpaired) electrons. The van der Waals surface area contributed by atoms with Gasteiger partial charge in [0.05, 0.1) is 15.2 Å². The third kappa shape index (κ3) is 3.21. The monoisotopic (exact) mass is 339 g/mol. The van der Waals surface area contributed by atoms with Crippen LogP contribution >= 0.6 is 0 Å². The Morgan fingerprint density at radius 1 is 1.43 bits per heavy atom. The van der Waals surface area contributed by atoms with Crippen LogP contribution < -0.4 is 5.73 Å². The molecule has 2 rings (SSSR count). The van der Waals surface area contributed by atoms with Crippen LogP contribution in [0.15, 0.2) is 18.2 Å². The first-order valence-corrected chi connectivity index (χ1v) is 8.88. The molecule has 8 heteroatoms. The van der Waals surface area contributed by atoms with E-state index in [0.29, 0.717) is 31.7 Å². The number of nitrogen functional groups attached to an aromatic ring is 1. The fourth-order valence-corrected chi connectivity index (χ4v) is 4.65. The lowest BCUT2D eigenvalue weighted by Gasteiger charge is -2.41. The molecular weight excluding hydrogens is 318 g/mol. The van der Waals surface area contributed by atoms with Crippen LogP contribution in [0.4, 0.5) is 11.4 Å². The van der Waals surface area contributed by atoms with Gasteiger partial charge in [-0.15, -0.1) is 0 Å². The van der Waals surface area contributed by atoms with Gasteiger partial charge in [-0.25, -0.2) is 0 Å². The number of benzene rings is 1. The highest BCUT2D eigenvalue weighted by atomic mass is 32.2. The van der Waals surface area contributed by atoms with E-state index in [9.17, 15) is 19.1 Å². The summed E-state index contributed by atoms with van der Waals surface area (Å²) in [4.78, 5) is 24.7. The molecule has 1 heterocycles. The summed E-state index contributed by atoms with van der Waals surface area (Å²) in [5.41, 5.74) is 6.01. The van der Waals surface area contributed by atoms with E-state index in [4.69, 9.17) is 5.73 Å². The number of nitro benzene ring substituents is 1. The highest BCUT2D eigenvalue weighted by molar-refractivity contribution is 7.86. The number of hydrogen-bond acceptors (Lipinski definition) is 5. The van der Waals surface area contributed by atoms with Gasteiger partial charge in [-0.3, -0.25) is 19.1 Å². The SMILES string of the molecule is CCC1(CC)CN(C(=O)c2cc([N+](=O)[O-])ccc2N)CCS1=O. The number of anilines is 1. The molecule has 1 fully saturated rings.